The number of phenols is 1. The molecule has 2 rings (SSSR count). The van der Waals surface area contributed by atoms with Crippen molar-refractivity contribution in [2.75, 3.05) is 0 Å². The second-order valence-electron chi connectivity index (χ2n) is 5.13. The summed E-state index contributed by atoms with van der Waals surface area (Å²) in [7, 11) is 0. The first-order chi connectivity index (χ1) is 11.4. The van der Waals surface area contributed by atoms with Crippen molar-refractivity contribution in [3.05, 3.63) is 65.2 Å². The average Bonchev–Trinajstić information content (AvgIpc) is 2.53. The number of halogens is 6. The number of alkyl halides is 6. The first-order valence-electron chi connectivity index (χ1n) is 6.68. The number of carboxylic acid groups (broad SMARTS) is 1. The molecule has 0 fully saturated rings. The minimum absolute atomic E-state index is 0.112. The lowest BCUT2D eigenvalue weighted by molar-refractivity contribution is -0.314. The quantitative estimate of drug-likeness (QED) is 0.779. The molecule has 1 unspecified atom stereocenters. The molecule has 0 bridgehead atoms. The fraction of sp³-hybridized carbons (Fsp3) is 0.188. The average molecular weight is 364 g/mol. The summed E-state index contributed by atoms with van der Waals surface area (Å²) in [6.45, 7) is 0. The van der Waals surface area contributed by atoms with E-state index in [2.05, 4.69) is 0 Å². The molecule has 25 heavy (non-hydrogen) atoms. The van der Waals surface area contributed by atoms with E-state index in [0.717, 1.165) is 12.1 Å². The highest BCUT2D eigenvalue weighted by Gasteiger charge is 2.73. The molecular formula is C16H10F6O3. The molecule has 0 heterocycles. The molecule has 0 spiro atoms. The van der Waals surface area contributed by atoms with Crippen LogP contribution < -0.4 is 0 Å². The van der Waals surface area contributed by atoms with Crippen molar-refractivity contribution in [2.24, 2.45) is 0 Å². The zero-order valence-electron chi connectivity index (χ0n) is 12.2. The third-order valence-corrected chi connectivity index (χ3v) is 3.58. The molecule has 134 valence electrons. The maximum Gasteiger partial charge on any atom is 0.433 e. The van der Waals surface area contributed by atoms with E-state index in [9.17, 15) is 36.2 Å². The SMILES string of the molecule is O=C(O)c1ccc(O)c(C(F)(F)C(F)(c2ccccc2)C(F)(F)F)c1. The Labute approximate surface area is 137 Å². The number of phenolic OH excluding ortho intramolecular Hbond substituents is 1. The number of rotatable bonds is 4. The van der Waals surface area contributed by atoms with Gasteiger partial charge in [-0.3, -0.25) is 0 Å². The normalized spacial score (nSPS) is 14.8. The Kier molecular flexibility index (Phi) is 4.45. The number of hydrogen-bond acceptors (Lipinski definition) is 2. The Morgan fingerprint density at radius 1 is 0.880 bits per heavy atom. The Bertz CT molecular complexity index is 788. The van der Waals surface area contributed by atoms with Crippen molar-refractivity contribution in [3.8, 4) is 5.75 Å². The van der Waals surface area contributed by atoms with Gasteiger partial charge in [0.15, 0.2) is 0 Å². The first kappa shape index (κ1) is 18.6. The molecule has 0 aliphatic heterocycles. The predicted octanol–water partition coefficient (Wildman–Crippen LogP) is 4.61. The molecule has 3 nitrogen and oxygen atoms in total. The summed E-state index contributed by atoms with van der Waals surface area (Å²) in [5.74, 6) is -8.40. The summed E-state index contributed by atoms with van der Waals surface area (Å²) in [6, 6.07) is 5.43. The van der Waals surface area contributed by atoms with Gasteiger partial charge in [0.05, 0.1) is 11.1 Å². The molecule has 1 atom stereocenters. The summed E-state index contributed by atoms with van der Waals surface area (Å²) < 4.78 is 84.1. The Balaban J connectivity index is 2.77. The van der Waals surface area contributed by atoms with Gasteiger partial charge in [-0.15, -0.1) is 0 Å². The van der Waals surface area contributed by atoms with E-state index in [1.54, 1.807) is 0 Å². The molecule has 0 aliphatic carbocycles. The van der Waals surface area contributed by atoms with Crippen molar-refractivity contribution in [2.45, 2.75) is 17.8 Å². The monoisotopic (exact) mass is 364 g/mol. The van der Waals surface area contributed by atoms with Crippen LogP contribution in [0.5, 0.6) is 5.75 Å². The molecule has 9 heteroatoms. The van der Waals surface area contributed by atoms with Crippen LogP contribution in [0.2, 0.25) is 0 Å². The van der Waals surface area contributed by atoms with Gasteiger partial charge in [-0.05, 0) is 18.2 Å². The van der Waals surface area contributed by atoms with Crippen LogP contribution in [0, 0.1) is 0 Å². The van der Waals surface area contributed by atoms with Gasteiger partial charge in [-0.1, -0.05) is 30.3 Å². The third-order valence-electron chi connectivity index (χ3n) is 3.58. The highest BCUT2D eigenvalue weighted by atomic mass is 19.4. The summed E-state index contributed by atoms with van der Waals surface area (Å²) in [4.78, 5) is 10.9. The van der Waals surface area contributed by atoms with Gasteiger partial charge >= 0.3 is 18.1 Å². The van der Waals surface area contributed by atoms with Crippen LogP contribution in [0.1, 0.15) is 21.5 Å². The zero-order chi connectivity index (χ0) is 19.0. The van der Waals surface area contributed by atoms with Gasteiger partial charge in [-0.25, -0.2) is 9.18 Å². The lowest BCUT2D eigenvalue weighted by Crippen LogP contribution is -2.51. The van der Waals surface area contributed by atoms with Crippen LogP contribution >= 0.6 is 0 Å². The van der Waals surface area contributed by atoms with Crippen LogP contribution in [0.4, 0.5) is 26.3 Å². The molecule has 2 N–H and O–H groups in total. The van der Waals surface area contributed by atoms with E-state index in [1.165, 1.54) is 6.07 Å². The summed E-state index contributed by atoms with van der Waals surface area (Å²) in [5, 5.41) is 18.3. The van der Waals surface area contributed by atoms with Crippen molar-refractivity contribution in [1.29, 1.82) is 0 Å². The Morgan fingerprint density at radius 2 is 1.44 bits per heavy atom. The van der Waals surface area contributed by atoms with Crippen molar-refractivity contribution < 1.29 is 41.4 Å². The minimum Gasteiger partial charge on any atom is -0.507 e. The van der Waals surface area contributed by atoms with Gasteiger partial charge in [0, 0.05) is 5.56 Å². The first-order valence-corrected chi connectivity index (χ1v) is 6.68. The zero-order valence-corrected chi connectivity index (χ0v) is 12.2. The Morgan fingerprint density at radius 3 is 1.92 bits per heavy atom. The fourth-order valence-corrected chi connectivity index (χ4v) is 2.30. The molecule has 0 aliphatic rings. The van der Waals surface area contributed by atoms with Crippen molar-refractivity contribution >= 4 is 5.97 Å². The van der Waals surface area contributed by atoms with Gasteiger partial charge in [0.25, 0.3) is 5.67 Å². The second-order valence-corrected chi connectivity index (χ2v) is 5.13. The fourth-order valence-electron chi connectivity index (χ4n) is 2.30. The number of benzene rings is 2. The molecule has 0 saturated heterocycles. The van der Waals surface area contributed by atoms with Crippen LogP contribution in [0.15, 0.2) is 48.5 Å². The predicted molar refractivity (Wildman–Crippen MR) is 74.2 cm³/mol. The van der Waals surface area contributed by atoms with E-state index in [-0.39, 0.29) is 6.07 Å². The van der Waals surface area contributed by atoms with Gasteiger partial charge in [0.2, 0.25) is 0 Å². The van der Waals surface area contributed by atoms with E-state index in [1.807, 2.05) is 0 Å². The smallest absolute Gasteiger partial charge is 0.433 e. The van der Waals surface area contributed by atoms with E-state index in [4.69, 9.17) is 5.11 Å². The number of hydrogen-bond donors (Lipinski definition) is 2. The molecule has 0 radical (unpaired) electrons. The van der Waals surface area contributed by atoms with Crippen LogP contribution in [-0.4, -0.2) is 22.4 Å². The molecule has 2 aromatic carbocycles. The number of carbonyl (C=O) groups is 1. The largest absolute Gasteiger partial charge is 0.507 e. The van der Waals surface area contributed by atoms with Gasteiger partial charge in [0.1, 0.15) is 5.75 Å². The minimum atomic E-state index is -6.05. The maximum atomic E-state index is 14.9. The summed E-state index contributed by atoms with van der Waals surface area (Å²) in [5.41, 5.74) is -9.18. The highest BCUT2D eigenvalue weighted by molar-refractivity contribution is 5.88. The van der Waals surface area contributed by atoms with Gasteiger partial charge < -0.3 is 10.2 Å². The third kappa shape index (κ3) is 2.90. The topological polar surface area (TPSA) is 57.5 Å². The summed E-state index contributed by atoms with van der Waals surface area (Å²) >= 11 is 0. The van der Waals surface area contributed by atoms with Crippen LogP contribution in [0.25, 0.3) is 0 Å². The highest BCUT2D eigenvalue weighted by Crippen LogP contribution is 2.58. The molecule has 0 saturated carbocycles. The van der Waals surface area contributed by atoms with E-state index in [0.29, 0.717) is 24.3 Å². The maximum absolute atomic E-state index is 14.9. The standard InChI is InChI=1S/C16H10F6O3/c17-14(16(20,21)22,10-4-2-1-3-5-10)15(18,19)11-8-9(13(24)25)6-7-12(11)23/h1-8,23H,(H,24,25). The number of aromatic hydroxyl groups is 1. The summed E-state index contributed by atoms with van der Waals surface area (Å²) in [6.07, 6.45) is -6.05. The second kappa shape index (κ2) is 5.98. The van der Waals surface area contributed by atoms with Crippen molar-refractivity contribution in [3.63, 3.8) is 0 Å². The lowest BCUT2D eigenvalue weighted by atomic mass is 9.83. The van der Waals surface area contributed by atoms with Crippen LogP contribution in [0.3, 0.4) is 0 Å². The molecule has 0 aromatic heterocycles. The van der Waals surface area contributed by atoms with Crippen molar-refractivity contribution in [1.82, 2.24) is 0 Å². The molecule has 0 amide bonds. The van der Waals surface area contributed by atoms with E-state index >= 15 is 0 Å². The molecule has 2 aromatic rings. The van der Waals surface area contributed by atoms with Gasteiger partial charge in [-0.2, -0.15) is 22.0 Å². The number of aromatic carboxylic acids is 1. The van der Waals surface area contributed by atoms with Crippen LogP contribution in [-0.2, 0) is 11.6 Å². The number of carboxylic acids is 1. The Hall–Kier alpha value is -2.71. The lowest BCUT2D eigenvalue weighted by Gasteiger charge is -2.35. The molecular weight excluding hydrogens is 354 g/mol. The van der Waals surface area contributed by atoms with E-state index < -0.39 is 46.2 Å².